The van der Waals surface area contributed by atoms with Gasteiger partial charge in [0.15, 0.2) is 5.78 Å². The van der Waals surface area contributed by atoms with E-state index in [1.54, 1.807) is 0 Å². The predicted octanol–water partition coefficient (Wildman–Crippen LogP) is 4.72. The molecule has 1 saturated carbocycles. The van der Waals surface area contributed by atoms with Crippen LogP contribution in [-0.4, -0.2) is 22.9 Å². The number of Topliss-reactive ketones (excluding diaryl/α,β-unsaturated/α-hetero) is 1. The smallest absolute Gasteiger partial charge is 0.172 e. The van der Waals surface area contributed by atoms with Gasteiger partial charge in [-0.2, -0.15) is 11.8 Å². The fourth-order valence-electron chi connectivity index (χ4n) is 2.50. The van der Waals surface area contributed by atoms with Gasteiger partial charge in [-0.25, -0.2) is 0 Å². The average molecular weight is 292 g/mol. The number of carbonyl (C=O) groups is 1. The molecule has 20 heavy (non-hydrogen) atoms. The topological polar surface area (TPSA) is 26.3 Å². The maximum Gasteiger partial charge on any atom is 0.172 e. The van der Waals surface area contributed by atoms with Crippen molar-refractivity contribution in [3.8, 4) is 5.75 Å². The Morgan fingerprint density at radius 3 is 2.45 bits per heavy atom. The van der Waals surface area contributed by atoms with Gasteiger partial charge in [0.25, 0.3) is 0 Å². The third-order valence-electron chi connectivity index (χ3n) is 3.55. The molecule has 110 valence electrons. The van der Waals surface area contributed by atoms with E-state index in [0.717, 1.165) is 11.3 Å². The standard InChI is InChI=1S/C17H24O2S/c1-13(2)19-15-10-8-14(9-11-15)17(18)12-20-16-6-4-3-5-7-16/h8-11,13,16H,3-7,12H2,1-2H3. The molecule has 0 radical (unpaired) electrons. The van der Waals surface area contributed by atoms with Crippen LogP contribution in [0.3, 0.4) is 0 Å². The van der Waals surface area contributed by atoms with Crippen LogP contribution in [0.5, 0.6) is 5.75 Å². The predicted molar refractivity (Wildman–Crippen MR) is 85.9 cm³/mol. The third kappa shape index (κ3) is 4.86. The highest BCUT2D eigenvalue weighted by Gasteiger charge is 2.16. The van der Waals surface area contributed by atoms with Gasteiger partial charge in [0, 0.05) is 10.8 Å². The summed E-state index contributed by atoms with van der Waals surface area (Å²) < 4.78 is 5.59. The van der Waals surface area contributed by atoms with Crippen LogP contribution in [0.2, 0.25) is 0 Å². The van der Waals surface area contributed by atoms with E-state index in [2.05, 4.69) is 0 Å². The Kier molecular flexibility index (Phi) is 5.96. The molecule has 0 bridgehead atoms. The summed E-state index contributed by atoms with van der Waals surface area (Å²) in [6, 6.07) is 7.53. The fourth-order valence-corrected chi connectivity index (χ4v) is 3.72. The second-order valence-electron chi connectivity index (χ2n) is 5.69. The highest BCUT2D eigenvalue weighted by molar-refractivity contribution is 8.00. The lowest BCUT2D eigenvalue weighted by Crippen LogP contribution is -2.12. The first-order valence-corrected chi connectivity index (χ1v) is 8.61. The van der Waals surface area contributed by atoms with Crippen molar-refractivity contribution in [3.05, 3.63) is 29.8 Å². The van der Waals surface area contributed by atoms with Crippen LogP contribution in [-0.2, 0) is 0 Å². The summed E-state index contributed by atoms with van der Waals surface area (Å²) >= 11 is 1.83. The van der Waals surface area contributed by atoms with Gasteiger partial charge < -0.3 is 4.74 Å². The van der Waals surface area contributed by atoms with Crippen LogP contribution in [0.15, 0.2) is 24.3 Å². The van der Waals surface area contributed by atoms with Crippen LogP contribution in [0.25, 0.3) is 0 Å². The lowest BCUT2D eigenvalue weighted by atomic mass is 10.0. The maximum atomic E-state index is 12.2. The zero-order chi connectivity index (χ0) is 14.4. The SMILES string of the molecule is CC(C)Oc1ccc(C(=O)CSC2CCCCC2)cc1. The van der Waals surface area contributed by atoms with Crippen molar-refractivity contribution in [2.45, 2.75) is 57.3 Å². The van der Waals surface area contributed by atoms with Gasteiger partial charge in [-0.3, -0.25) is 4.79 Å². The monoisotopic (exact) mass is 292 g/mol. The Balaban J connectivity index is 1.82. The van der Waals surface area contributed by atoms with E-state index in [0.29, 0.717) is 11.0 Å². The van der Waals surface area contributed by atoms with E-state index in [4.69, 9.17) is 4.74 Å². The Labute approximate surface area is 126 Å². The summed E-state index contributed by atoms with van der Waals surface area (Å²) in [5, 5.41) is 0.691. The van der Waals surface area contributed by atoms with E-state index in [1.807, 2.05) is 49.9 Å². The third-order valence-corrected chi connectivity index (χ3v) is 4.92. The van der Waals surface area contributed by atoms with Crippen molar-refractivity contribution in [3.63, 3.8) is 0 Å². The number of thioether (sulfide) groups is 1. The molecule has 0 aliphatic heterocycles. The first kappa shape index (κ1) is 15.4. The van der Waals surface area contributed by atoms with Crippen molar-refractivity contribution in [2.75, 3.05) is 5.75 Å². The quantitative estimate of drug-likeness (QED) is 0.709. The minimum absolute atomic E-state index is 0.165. The summed E-state index contributed by atoms with van der Waals surface area (Å²) in [7, 11) is 0. The molecule has 0 spiro atoms. The van der Waals surface area contributed by atoms with Crippen molar-refractivity contribution in [1.29, 1.82) is 0 Å². The highest BCUT2D eigenvalue weighted by Crippen LogP contribution is 2.28. The highest BCUT2D eigenvalue weighted by atomic mass is 32.2. The number of ether oxygens (including phenoxy) is 1. The molecule has 3 heteroatoms. The van der Waals surface area contributed by atoms with Gasteiger partial charge in [-0.15, -0.1) is 0 Å². The normalized spacial score (nSPS) is 16.4. The molecule has 2 nitrogen and oxygen atoms in total. The summed E-state index contributed by atoms with van der Waals surface area (Å²) in [6.07, 6.45) is 6.74. The molecule has 0 unspecified atom stereocenters. The number of hydrogen-bond donors (Lipinski definition) is 0. The molecular weight excluding hydrogens is 268 g/mol. The van der Waals surface area contributed by atoms with Crippen LogP contribution >= 0.6 is 11.8 Å². The fraction of sp³-hybridized carbons (Fsp3) is 0.588. The van der Waals surface area contributed by atoms with Crippen LogP contribution in [0.1, 0.15) is 56.3 Å². The lowest BCUT2D eigenvalue weighted by Gasteiger charge is -2.20. The Morgan fingerprint density at radius 1 is 1.20 bits per heavy atom. The molecule has 0 saturated heterocycles. The molecule has 1 aromatic rings. The van der Waals surface area contributed by atoms with E-state index in [-0.39, 0.29) is 11.9 Å². The molecule has 1 fully saturated rings. The lowest BCUT2D eigenvalue weighted by molar-refractivity contribution is 0.102. The van der Waals surface area contributed by atoms with E-state index >= 15 is 0 Å². The largest absolute Gasteiger partial charge is 0.491 e. The summed E-state index contributed by atoms with van der Waals surface area (Å²) in [6.45, 7) is 4.00. The Hall–Kier alpha value is -0.960. The zero-order valence-corrected chi connectivity index (χ0v) is 13.2. The van der Waals surface area contributed by atoms with Gasteiger partial charge in [-0.1, -0.05) is 19.3 Å². The molecule has 1 aromatic carbocycles. The van der Waals surface area contributed by atoms with Gasteiger partial charge in [0.2, 0.25) is 0 Å². The molecule has 1 aliphatic rings. The van der Waals surface area contributed by atoms with E-state index < -0.39 is 0 Å². The molecule has 0 amide bonds. The average Bonchev–Trinajstić information content (AvgIpc) is 2.46. The van der Waals surface area contributed by atoms with Crippen molar-refractivity contribution in [2.24, 2.45) is 0 Å². The number of benzene rings is 1. The van der Waals surface area contributed by atoms with Gasteiger partial charge in [0.1, 0.15) is 5.75 Å². The number of ketones is 1. The molecule has 0 N–H and O–H groups in total. The minimum atomic E-state index is 0.165. The molecule has 0 aromatic heterocycles. The molecule has 0 heterocycles. The summed E-state index contributed by atoms with van der Waals surface area (Å²) in [5.74, 6) is 1.67. The van der Waals surface area contributed by atoms with Crippen molar-refractivity contribution < 1.29 is 9.53 Å². The molecule has 0 atom stereocenters. The summed E-state index contributed by atoms with van der Waals surface area (Å²) in [4.78, 5) is 12.2. The number of hydrogen-bond acceptors (Lipinski definition) is 3. The van der Waals surface area contributed by atoms with Gasteiger partial charge >= 0.3 is 0 Å². The second-order valence-corrected chi connectivity index (χ2v) is 6.97. The first-order valence-electron chi connectivity index (χ1n) is 7.56. The Bertz CT molecular complexity index is 419. The number of rotatable bonds is 6. The Morgan fingerprint density at radius 2 is 1.85 bits per heavy atom. The van der Waals surface area contributed by atoms with Crippen molar-refractivity contribution >= 4 is 17.5 Å². The van der Waals surface area contributed by atoms with Crippen LogP contribution in [0.4, 0.5) is 0 Å². The van der Waals surface area contributed by atoms with Crippen molar-refractivity contribution in [1.82, 2.24) is 0 Å². The van der Waals surface area contributed by atoms with Crippen LogP contribution < -0.4 is 4.74 Å². The molecule has 1 aliphatic carbocycles. The minimum Gasteiger partial charge on any atom is -0.491 e. The zero-order valence-electron chi connectivity index (χ0n) is 12.4. The first-order chi connectivity index (χ1) is 9.65. The molecule has 2 rings (SSSR count). The number of carbonyl (C=O) groups excluding carboxylic acids is 1. The van der Waals surface area contributed by atoms with Gasteiger partial charge in [-0.05, 0) is 51.0 Å². The van der Waals surface area contributed by atoms with Crippen LogP contribution in [0, 0.1) is 0 Å². The summed E-state index contributed by atoms with van der Waals surface area (Å²) in [5.41, 5.74) is 0.796. The molecular formula is C17H24O2S. The van der Waals surface area contributed by atoms with Gasteiger partial charge in [0.05, 0.1) is 11.9 Å². The van der Waals surface area contributed by atoms with E-state index in [1.165, 1.54) is 32.1 Å². The second kappa shape index (κ2) is 7.72. The van der Waals surface area contributed by atoms with E-state index in [9.17, 15) is 4.79 Å². The maximum absolute atomic E-state index is 12.2.